The number of allylic oxidation sites excluding steroid dienone is 5. The van der Waals surface area contributed by atoms with E-state index in [1.54, 1.807) is 11.8 Å². The van der Waals surface area contributed by atoms with Crippen LogP contribution in [-0.2, 0) is 0 Å². The lowest BCUT2D eigenvalue weighted by Gasteiger charge is -2.26. The summed E-state index contributed by atoms with van der Waals surface area (Å²) in [7, 11) is 0. The Labute approximate surface area is 297 Å². The van der Waals surface area contributed by atoms with Crippen LogP contribution < -0.4 is 0 Å². The summed E-state index contributed by atoms with van der Waals surface area (Å²) in [5.74, 6) is 1.22. The Hall–Kier alpha value is -6.17. The van der Waals surface area contributed by atoms with E-state index in [0.29, 0.717) is 11.9 Å². The van der Waals surface area contributed by atoms with E-state index in [9.17, 15) is 0 Å². The summed E-state index contributed by atoms with van der Waals surface area (Å²) < 4.78 is 4.76. The topological polar surface area (TPSA) is 35.6 Å². The molecule has 4 heterocycles. The molecule has 12 rings (SSSR count). The van der Waals surface area contributed by atoms with Gasteiger partial charge in [0.15, 0.2) is 0 Å². The first-order valence-corrected chi connectivity index (χ1v) is 18.3. The summed E-state index contributed by atoms with van der Waals surface area (Å²) in [6.45, 7) is 0. The Bertz CT molecular complexity index is 3070. The maximum absolute atomic E-state index is 5.49. The van der Waals surface area contributed by atoms with Crippen molar-refractivity contribution >= 4 is 72.2 Å². The van der Waals surface area contributed by atoms with Crippen molar-refractivity contribution in [2.24, 2.45) is 5.92 Å². The Morgan fingerprint density at radius 2 is 1.39 bits per heavy atom. The van der Waals surface area contributed by atoms with Crippen LogP contribution >= 0.6 is 11.8 Å². The summed E-state index contributed by atoms with van der Waals surface area (Å²) in [5, 5.41) is 7.43. The van der Waals surface area contributed by atoms with Gasteiger partial charge >= 0.3 is 0 Å². The predicted molar refractivity (Wildman–Crippen MR) is 211 cm³/mol. The molecule has 0 N–H and O–H groups in total. The monoisotopic (exact) mass is 668 g/mol. The average molecular weight is 669 g/mol. The highest BCUT2D eigenvalue weighted by Gasteiger charge is 2.32. The summed E-state index contributed by atoms with van der Waals surface area (Å²) in [6.07, 6.45) is 13.7. The van der Waals surface area contributed by atoms with Crippen LogP contribution in [0.1, 0.15) is 17.2 Å². The fraction of sp³-hybridized carbons (Fsp3) is 0.0435. The molecule has 3 aliphatic rings. The molecule has 5 heteroatoms. The third-order valence-corrected chi connectivity index (χ3v) is 12.2. The third-order valence-electron chi connectivity index (χ3n) is 11.1. The van der Waals surface area contributed by atoms with Crippen LogP contribution in [0.5, 0.6) is 0 Å². The molecule has 0 fully saturated rings. The minimum absolute atomic E-state index is 0.220. The Morgan fingerprint density at radius 1 is 0.569 bits per heavy atom. The Morgan fingerprint density at radius 3 is 2.35 bits per heavy atom. The van der Waals surface area contributed by atoms with E-state index in [1.807, 2.05) is 0 Å². The molecule has 2 atom stereocenters. The number of hydrogen-bond donors (Lipinski definition) is 0. The molecular weight excluding hydrogens is 641 g/mol. The lowest BCUT2D eigenvalue weighted by Crippen LogP contribution is -2.14. The number of nitrogens with zero attached hydrogens (tertiary/aromatic N) is 4. The third kappa shape index (κ3) is 3.76. The van der Waals surface area contributed by atoms with Crippen LogP contribution in [0.3, 0.4) is 0 Å². The van der Waals surface area contributed by atoms with Crippen LogP contribution in [0.4, 0.5) is 0 Å². The molecule has 0 saturated carbocycles. The lowest BCUT2D eigenvalue weighted by atomic mass is 9.78. The lowest BCUT2D eigenvalue weighted by molar-refractivity contribution is 0.692. The average Bonchev–Trinajstić information content (AvgIpc) is 3.69. The number of aromatic nitrogens is 4. The smallest absolute Gasteiger partial charge is 0.235 e. The van der Waals surface area contributed by atoms with Crippen molar-refractivity contribution in [1.82, 2.24) is 19.1 Å². The second kappa shape index (κ2) is 10.2. The first kappa shape index (κ1) is 27.6. The van der Waals surface area contributed by atoms with Crippen molar-refractivity contribution < 1.29 is 0 Å². The second-order valence-electron chi connectivity index (χ2n) is 13.7. The van der Waals surface area contributed by atoms with Gasteiger partial charge in [0.2, 0.25) is 5.95 Å². The normalized spacial score (nSPS) is 17.1. The number of para-hydroxylation sites is 1. The SMILES string of the molecule is C1=CC2C=Cc3c(c4cc5c6c7ccccc7ccc6n(-c6ccccc6)c5cc4n3-c3nc4c5c(cccc5n3)Sc3ccccc3-4)C2C=C1. The van der Waals surface area contributed by atoms with Crippen LogP contribution in [0.15, 0.2) is 161 Å². The van der Waals surface area contributed by atoms with Gasteiger partial charge in [-0.15, -0.1) is 0 Å². The zero-order valence-corrected chi connectivity index (χ0v) is 28.2. The molecule has 0 saturated heterocycles. The van der Waals surface area contributed by atoms with E-state index in [2.05, 4.69) is 167 Å². The molecule has 0 spiro atoms. The van der Waals surface area contributed by atoms with E-state index >= 15 is 0 Å². The molecule has 0 radical (unpaired) electrons. The molecule has 0 bridgehead atoms. The fourth-order valence-corrected chi connectivity index (χ4v) is 9.99. The molecule has 6 aromatic carbocycles. The van der Waals surface area contributed by atoms with Gasteiger partial charge in [-0.2, -0.15) is 0 Å². The summed E-state index contributed by atoms with van der Waals surface area (Å²) in [4.78, 5) is 13.3. The molecule has 2 aliphatic carbocycles. The molecule has 51 heavy (non-hydrogen) atoms. The van der Waals surface area contributed by atoms with Crippen molar-refractivity contribution in [3.63, 3.8) is 0 Å². The number of hydrogen-bond acceptors (Lipinski definition) is 3. The molecule has 9 aromatic rings. The Kier molecular flexibility index (Phi) is 5.52. The first-order valence-electron chi connectivity index (χ1n) is 17.5. The quantitative estimate of drug-likeness (QED) is 0.184. The highest BCUT2D eigenvalue weighted by molar-refractivity contribution is 7.99. The maximum Gasteiger partial charge on any atom is 0.235 e. The van der Waals surface area contributed by atoms with Crippen molar-refractivity contribution in [3.8, 4) is 22.9 Å². The summed E-state index contributed by atoms with van der Waals surface area (Å²) >= 11 is 1.80. The molecule has 3 aromatic heterocycles. The van der Waals surface area contributed by atoms with Crippen LogP contribution in [0.25, 0.3) is 83.4 Å². The highest BCUT2D eigenvalue weighted by Crippen LogP contribution is 2.49. The minimum Gasteiger partial charge on any atom is -0.309 e. The molecular formula is C46H28N4S. The van der Waals surface area contributed by atoms with E-state index in [1.165, 1.54) is 53.3 Å². The number of fused-ring (bicyclic) bond motifs is 12. The van der Waals surface area contributed by atoms with Gasteiger partial charge in [-0.25, -0.2) is 9.97 Å². The zero-order valence-electron chi connectivity index (χ0n) is 27.4. The Balaban J connectivity index is 1.25. The van der Waals surface area contributed by atoms with Gasteiger partial charge in [0.1, 0.15) is 0 Å². The van der Waals surface area contributed by atoms with Crippen LogP contribution in [0, 0.1) is 5.92 Å². The van der Waals surface area contributed by atoms with Gasteiger partial charge in [0.05, 0.1) is 33.5 Å². The van der Waals surface area contributed by atoms with Crippen molar-refractivity contribution in [3.05, 3.63) is 163 Å². The molecule has 238 valence electrons. The molecule has 2 unspecified atom stereocenters. The largest absolute Gasteiger partial charge is 0.309 e. The summed E-state index contributed by atoms with van der Waals surface area (Å²) in [6, 6.07) is 44.0. The van der Waals surface area contributed by atoms with Gasteiger partial charge in [-0.1, -0.05) is 115 Å². The fourth-order valence-electron chi connectivity index (χ4n) is 8.88. The number of benzene rings is 6. The standard InChI is InChI=1S/C46H28N4S/c1-2-13-29(14-3-1)49-36-23-21-27-11-4-6-15-30(27)42(36)33-25-34-39(26-38(33)49)50(37-24-22-28-12-5-7-16-31(28)43(34)37)46-47-35-18-10-20-41-44(35)45(48-46)32-17-8-9-19-40(32)51-41/h1-26,28,31H. The van der Waals surface area contributed by atoms with Crippen LogP contribution in [-0.4, -0.2) is 19.1 Å². The van der Waals surface area contributed by atoms with E-state index in [-0.39, 0.29) is 5.92 Å². The predicted octanol–water partition coefficient (Wildman–Crippen LogP) is 11.8. The van der Waals surface area contributed by atoms with Crippen molar-refractivity contribution in [2.45, 2.75) is 15.7 Å². The summed E-state index contributed by atoms with van der Waals surface area (Å²) in [5.41, 5.74) is 10.2. The van der Waals surface area contributed by atoms with E-state index in [4.69, 9.17) is 9.97 Å². The second-order valence-corrected chi connectivity index (χ2v) is 14.8. The molecule has 4 nitrogen and oxygen atoms in total. The van der Waals surface area contributed by atoms with Gasteiger partial charge < -0.3 is 4.57 Å². The zero-order chi connectivity index (χ0) is 33.2. The van der Waals surface area contributed by atoms with Crippen LogP contribution in [0.2, 0.25) is 0 Å². The van der Waals surface area contributed by atoms with Gasteiger partial charge in [0.25, 0.3) is 0 Å². The van der Waals surface area contributed by atoms with E-state index in [0.717, 1.165) is 39.1 Å². The van der Waals surface area contributed by atoms with Crippen molar-refractivity contribution in [1.29, 1.82) is 0 Å². The highest BCUT2D eigenvalue weighted by atomic mass is 32.2. The molecule has 1 aliphatic heterocycles. The van der Waals surface area contributed by atoms with Crippen molar-refractivity contribution in [2.75, 3.05) is 0 Å². The molecule has 0 amide bonds. The first-order chi connectivity index (χ1) is 25.3. The number of rotatable bonds is 2. The maximum atomic E-state index is 5.49. The van der Waals surface area contributed by atoms with Gasteiger partial charge in [-0.3, -0.25) is 4.57 Å². The van der Waals surface area contributed by atoms with Gasteiger partial charge in [-0.05, 0) is 70.9 Å². The van der Waals surface area contributed by atoms with Gasteiger partial charge in [0, 0.05) is 54.4 Å². The van der Waals surface area contributed by atoms with E-state index < -0.39 is 0 Å². The minimum atomic E-state index is 0.220.